The number of phosphoric ester groups is 1. The van der Waals surface area contributed by atoms with Gasteiger partial charge in [-0.25, -0.2) is 4.57 Å². The highest BCUT2D eigenvalue weighted by molar-refractivity contribution is 7.47. The van der Waals surface area contributed by atoms with Gasteiger partial charge in [-0.3, -0.25) is 18.6 Å². The quantitative estimate of drug-likeness (QED) is 0.0177. The minimum absolute atomic E-state index is 0.0816. The van der Waals surface area contributed by atoms with Crippen molar-refractivity contribution in [3.8, 4) is 0 Å². The minimum Gasteiger partial charge on any atom is -0.462 e. The summed E-state index contributed by atoms with van der Waals surface area (Å²) in [6.45, 7) is 2.14. The number of hydrogen-bond acceptors (Lipinski definition) is 10. The lowest BCUT2D eigenvalue weighted by Gasteiger charge is -2.20. The van der Waals surface area contributed by atoms with Crippen LogP contribution in [0.3, 0.4) is 0 Å². The molecule has 0 amide bonds. The second-order valence-corrected chi connectivity index (χ2v) is 16.2. The Bertz CT molecular complexity index is 1380. The van der Waals surface area contributed by atoms with E-state index in [1.807, 2.05) is 24.3 Å². The van der Waals surface area contributed by atoms with Gasteiger partial charge in [0.2, 0.25) is 0 Å². The van der Waals surface area contributed by atoms with Gasteiger partial charge < -0.3 is 29.3 Å². The predicted molar refractivity (Wildman–Crippen MR) is 241 cm³/mol. The van der Waals surface area contributed by atoms with Crippen LogP contribution in [0.2, 0.25) is 0 Å². The van der Waals surface area contributed by atoms with Gasteiger partial charge in [0, 0.05) is 12.8 Å². The number of carbonyl (C=O) groups excluding carboxylic acids is 2. The van der Waals surface area contributed by atoms with E-state index in [0.717, 1.165) is 51.4 Å². The van der Waals surface area contributed by atoms with E-state index in [1.165, 1.54) is 44.9 Å². The molecule has 0 aromatic carbocycles. The van der Waals surface area contributed by atoms with Crippen molar-refractivity contribution in [1.82, 2.24) is 0 Å². The molecule has 0 aromatic rings. The number of aliphatic hydroxyl groups excluding tert-OH is 2. The van der Waals surface area contributed by atoms with Crippen LogP contribution in [0.25, 0.3) is 0 Å². The van der Waals surface area contributed by atoms with Crippen LogP contribution in [0.15, 0.2) is 97.2 Å². The van der Waals surface area contributed by atoms with E-state index in [0.29, 0.717) is 31.5 Å². The number of epoxide rings is 1. The Hall–Kier alpha value is -3.15. The van der Waals surface area contributed by atoms with Crippen LogP contribution in [0, 0.1) is 0 Å². The van der Waals surface area contributed by atoms with Crippen LogP contribution in [0.4, 0.5) is 0 Å². The molecule has 60 heavy (non-hydrogen) atoms. The molecule has 1 aliphatic heterocycles. The molecule has 0 saturated carbocycles. The number of esters is 2. The topological polar surface area (TPSA) is 161 Å². The van der Waals surface area contributed by atoms with Gasteiger partial charge in [-0.2, -0.15) is 0 Å². The molecule has 0 aromatic heterocycles. The molecule has 1 aliphatic rings. The lowest BCUT2D eigenvalue weighted by molar-refractivity contribution is -0.161. The van der Waals surface area contributed by atoms with E-state index in [-0.39, 0.29) is 19.4 Å². The molecule has 11 nitrogen and oxygen atoms in total. The first-order chi connectivity index (χ1) is 29.2. The smallest absolute Gasteiger partial charge is 0.462 e. The average Bonchev–Trinajstić information content (AvgIpc) is 4.00. The van der Waals surface area contributed by atoms with Gasteiger partial charge in [-0.05, 0) is 89.9 Å². The molecule has 1 heterocycles. The molecular formula is C48H77O11P. The van der Waals surface area contributed by atoms with E-state index in [9.17, 15) is 24.2 Å². The fourth-order valence-corrected chi connectivity index (χ4v) is 6.33. The second-order valence-electron chi connectivity index (χ2n) is 14.7. The third kappa shape index (κ3) is 35.6. The molecule has 3 unspecified atom stereocenters. The molecule has 0 spiro atoms. The summed E-state index contributed by atoms with van der Waals surface area (Å²) in [4.78, 5) is 35.0. The maximum absolute atomic E-state index is 12.6. The molecule has 340 valence electrons. The summed E-state index contributed by atoms with van der Waals surface area (Å²) in [5.74, 6) is -1.10. The number of carbonyl (C=O) groups is 2. The molecule has 0 radical (unpaired) electrons. The minimum atomic E-state index is -4.66. The van der Waals surface area contributed by atoms with Crippen molar-refractivity contribution in [3.63, 3.8) is 0 Å². The monoisotopic (exact) mass is 861 g/mol. The zero-order valence-electron chi connectivity index (χ0n) is 36.6. The number of aliphatic hydroxyl groups is 2. The molecule has 1 rings (SSSR count). The molecular weight excluding hydrogens is 783 g/mol. The maximum Gasteiger partial charge on any atom is 0.472 e. The van der Waals surface area contributed by atoms with Crippen LogP contribution < -0.4 is 0 Å². The van der Waals surface area contributed by atoms with Crippen LogP contribution >= 0.6 is 7.82 Å². The summed E-state index contributed by atoms with van der Waals surface area (Å²) >= 11 is 0. The Labute approximate surface area is 361 Å². The molecule has 5 atom stereocenters. The molecule has 1 saturated heterocycles. The van der Waals surface area contributed by atoms with Crippen LogP contribution in [0.5, 0.6) is 0 Å². The van der Waals surface area contributed by atoms with Crippen LogP contribution in [-0.4, -0.2) is 77.9 Å². The van der Waals surface area contributed by atoms with Crippen molar-refractivity contribution in [3.05, 3.63) is 97.2 Å². The maximum atomic E-state index is 12.6. The van der Waals surface area contributed by atoms with Gasteiger partial charge in [-0.1, -0.05) is 137 Å². The number of hydrogen-bond donors (Lipinski definition) is 3. The van der Waals surface area contributed by atoms with E-state index >= 15 is 0 Å². The van der Waals surface area contributed by atoms with Crippen LogP contribution in [0.1, 0.15) is 142 Å². The Morgan fingerprint density at radius 2 is 1.03 bits per heavy atom. The highest BCUT2D eigenvalue weighted by Crippen LogP contribution is 2.43. The zero-order chi connectivity index (χ0) is 43.8. The summed E-state index contributed by atoms with van der Waals surface area (Å²) in [5.41, 5.74) is 0. The van der Waals surface area contributed by atoms with Gasteiger partial charge in [0.1, 0.15) is 12.7 Å². The SMILES string of the molecule is CCCCC/C=C\C/C=C\C/C=C\C/C=C\C/C=C\CCC(=O)OC[C@H](COP(=O)(O)OC[C@@H](O)CO)OC(=O)CCC/C=C\C/C=C\CC1OC1C/C=C\CCCCC. The zero-order valence-corrected chi connectivity index (χ0v) is 37.5. The number of unbranched alkanes of at least 4 members (excludes halogenated alkanes) is 7. The Balaban J connectivity index is 2.35. The van der Waals surface area contributed by atoms with E-state index in [2.05, 4.69) is 91.3 Å². The van der Waals surface area contributed by atoms with Gasteiger partial charge in [0.25, 0.3) is 0 Å². The lowest BCUT2D eigenvalue weighted by Crippen LogP contribution is -2.29. The Kier molecular flexibility index (Phi) is 35.4. The van der Waals surface area contributed by atoms with Crippen molar-refractivity contribution >= 4 is 19.8 Å². The lowest BCUT2D eigenvalue weighted by atomic mass is 10.1. The standard InChI is InChI=1S/C48H77O11P/c1-3-5-7-9-11-12-13-14-15-16-17-18-19-20-21-22-25-29-33-37-47(51)55-41-44(42-57-60(53,54)56-40-43(50)39-49)58-48(52)38-34-30-26-23-24-28-32-36-46-45(59-46)35-31-27-10-8-6-4-2/h11-12,14-15,17-18,20-21,23,25-29,31-32,43-46,49-50H,3-10,13,16,19,22,24,30,33-42H2,1-2H3,(H,53,54)/b12-11-,15-14-,18-17-,21-20-,26-23-,29-25-,31-27-,32-28-/t43-,44+,45?,46?/m0/s1. The Morgan fingerprint density at radius 1 is 0.583 bits per heavy atom. The molecule has 3 N–H and O–H groups in total. The summed E-state index contributed by atoms with van der Waals surface area (Å²) in [5, 5.41) is 18.3. The van der Waals surface area contributed by atoms with Gasteiger partial charge in [0.15, 0.2) is 6.10 Å². The molecule has 0 bridgehead atoms. The first-order valence-electron chi connectivity index (χ1n) is 22.3. The molecule has 1 fully saturated rings. The van der Waals surface area contributed by atoms with Crippen molar-refractivity contribution in [2.75, 3.05) is 26.4 Å². The summed E-state index contributed by atoms with van der Waals surface area (Å²) in [6, 6.07) is 0. The predicted octanol–water partition coefficient (Wildman–Crippen LogP) is 11.0. The van der Waals surface area contributed by atoms with Crippen molar-refractivity contribution in [2.45, 2.75) is 167 Å². The highest BCUT2D eigenvalue weighted by Gasteiger charge is 2.36. The second kappa shape index (κ2) is 38.7. The number of allylic oxidation sites excluding steroid dienone is 14. The third-order valence-corrected chi connectivity index (χ3v) is 10.1. The van der Waals surface area contributed by atoms with Crippen molar-refractivity contribution in [2.24, 2.45) is 0 Å². The fraction of sp³-hybridized carbons (Fsp3) is 0.625. The molecule has 0 aliphatic carbocycles. The summed E-state index contributed by atoms with van der Waals surface area (Å²) in [6.07, 6.45) is 49.9. The Morgan fingerprint density at radius 3 is 1.57 bits per heavy atom. The summed E-state index contributed by atoms with van der Waals surface area (Å²) < 4.78 is 38.3. The normalized spacial score (nSPS) is 18.1. The van der Waals surface area contributed by atoms with Crippen molar-refractivity contribution in [1.29, 1.82) is 0 Å². The van der Waals surface area contributed by atoms with Crippen LogP contribution in [-0.2, 0) is 37.4 Å². The van der Waals surface area contributed by atoms with Gasteiger partial charge in [0.05, 0.1) is 32.0 Å². The van der Waals surface area contributed by atoms with Gasteiger partial charge >= 0.3 is 19.8 Å². The fourth-order valence-electron chi connectivity index (χ4n) is 5.54. The first kappa shape index (κ1) is 54.9. The number of ether oxygens (including phenoxy) is 3. The largest absolute Gasteiger partial charge is 0.472 e. The van der Waals surface area contributed by atoms with Gasteiger partial charge in [-0.15, -0.1) is 0 Å². The third-order valence-electron chi connectivity index (χ3n) is 9.13. The first-order valence-corrected chi connectivity index (χ1v) is 23.8. The van der Waals surface area contributed by atoms with E-state index < -0.39 is 51.8 Å². The highest BCUT2D eigenvalue weighted by atomic mass is 31.2. The van der Waals surface area contributed by atoms with Crippen molar-refractivity contribution < 1.29 is 52.5 Å². The van der Waals surface area contributed by atoms with E-state index in [4.69, 9.17) is 23.8 Å². The summed E-state index contributed by atoms with van der Waals surface area (Å²) in [7, 11) is -4.66. The number of phosphoric acid groups is 1. The average molecular weight is 861 g/mol. The number of rotatable bonds is 39. The molecule has 12 heteroatoms. The van der Waals surface area contributed by atoms with E-state index in [1.54, 1.807) is 0 Å².